The van der Waals surface area contributed by atoms with E-state index in [0.29, 0.717) is 23.1 Å². The van der Waals surface area contributed by atoms with E-state index in [2.05, 4.69) is 31.1 Å². The molecule has 1 aromatic carbocycles. The van der Waals surface area contributed by atoms with Crippen LogP contribution in [0.1, 0.15) is 18.7 Å². The van der Waals surface area contributed by atoms with Gasteiger partial charge in [0.25, 0.3) is 0 Å². The number of rotatable bonds is 6. The molecule has 3 N–H and O–H groups in total. The van der Waals surface area contributed by atoms with Gasteiger partial charge in [-0.2, -0.15) is 4.37 Å². The highest BCUT2D eigenvalue weighted by molar-refractivity contribution is 7.09. The summed E-state index contributed by atoms with van der Waals surface area (Å²) in [5, 5.41) is 4.40. The maximum absolute atomic E-state index is 6.10. The number of nitrogens with one attached hydrogen (secondary N) is 1. The van der Waals surface area contributed by atoms with Crippen molar-refractivity contribution in [2.75, 3.05) is 23.8 Å². The molecule has 0 bridgehead atoms. The number of benzene rings is 1. The third-order valence-corrected chi connectivity index (χ3v) is 5.68. The van der Waals surface area contributed by atoms with Crippen LogP contribution in [0.2, 0.25) is 0 Å². The van der Waals surface area contributed by atoms with E-state index in [1.54, 1.807) is 6.20 Å². The molecule has 0 aliphatic carbocycles. The zero-order chi connectivity index (χ0) is 20.9. The summed E-state index contributed by atoms with van der Waals surface area (Å²) in [5.41, 5.74) is 0.592. The van der Waals surface area contributed by atoms with Gasteiger partial charge < -0.3 is 20.8 Å². The van der Waals surface area contributed by atoms with Crippen molar-refractivity contribution in [3.8, 4) is 11.5 Å². The lowest BCUT2D eigenvalue weighted by Crippen LogP contribution is -2.42. The van der Waals surface area contributed by atoms with Gasteiger partial charge in [-0.3, -0.25) is 0 Å². The number of hydrogen-bond acceptors (Lipinski definition) is 8. The van der Waals surface area contributed by atoms with Crippen LogP contribution in [0.5, 0.6) is 11.5 Å². The molecule has 1 saturated heterocycles. The molecule has 9 heteroatoms. The molecule has 30 heavy (non-hydrogen) atoms. The predicted molar refractivity (Wildman–Crippen MR) is 119 cm³/mol. The number of nitrogen functional groups attached to an aromatic ring is 1. The normalized spacial score (nSPS) is 15.2. The van der Waals surface area contributed by atoms with Crippen molar-refractivity contribution in [3.63, 3.8) is 0 Å². The third kappa shape index (κ3) is 4.98. The minimum Gasteiger partial charge on any atom is -0.456 e. The van der Waals surface area contributed by atoms with Crippen molar-refractivity contribution < 1.29 is 4.74 Å². The smallest absolute Gasteiger partial charge is 0.205 e. The summed E-state index contributed by atoms with van der Waals surface area (Å²) >= 11 is 1.46. The van der Waals surface area contributed by atoms with Crippen molar-refractivity contribution in [1.29, 1.82) is 0 Å². The van der Waals surface area contributed by atoms with E-state index in [-0.39, 0.29) is 0 Å². The van der Waals surface area contributed by atoms with E-state index < -0.39 is 0 Å². The van der Waals surface area contributed by atoms with Gasteiger partial charge in [0.15, 0.2) is 5.49 Å². The molecule has 156 valence electrons. The van der Waals surface area contributed by atoms with Crippen molar-refractivity contribution in [2.45, 2.75) is 25.8 Å². The lowest BCUT2D eigenvalue weighted by molar-refractivity contribution is 0.442. The number of ether oxygens (including phenoxy) is 1. The maximum atomic E-state index is 6.10. The van der Waals surface area contributed by atoms with Crippen LogP contribution in [0.3, 0.4) is 0 Å². The molecule has 0 saturated carbocycles. The van der Waals surface area contributed by atoms with Crippen LogP contribution in [0.4, 0.5) is 5.13 Å². The summed E-state index contributed by atoms with van der Waals surface area (Å²) in [6.45, 7) is 7.83. The van der Waals surface area contributed by atoms with Crippen LogP contribution in [0.25, 0.3) is 0 Å². The minimum atomic E-state index is 0.318. The number of piperidine rings is 1. The molecule has 1 aliphatic heterocycles. The van der Waals surface area contributed by atoms with Gasteiger partial charge in [0.2, 0.25) is 5.13 Å². The number of nitrogens with two attached hydrogens (primary N) is 1. The number of para-hydroxylation sites is 1. The maximum Gasteiger partial charge on any atom is 0.205 e. The highest BCUT2D eigenvalue weighted by atomic mass is 32.1. The standard InChI is InChI=1S/C21H25N7OS/c1-15(23-17-10-12-27(13-11-17)21-25-16(2)26-30-21)24-20-9-8-19(14-28(20)22)29-18-6-4-3-5-7-18/h3-9,14,17,23H,1,10-13,22H2,2H3. The van der Waals surface area contributed by atoms with Crippen molar-refractivity contribution in [3.05, 3.63) is 72.4 Å². The largest absolute Gasteiger partial charge is 0.456 e. The zero-order valence-corrected chi connectivity index (χ0v) is 17.7. The third-order valence-electron chi connectivity index (χ3n) is 4.81. The van der Waals surface area contributed by atoms with E-state index >= 15 is 0 Å². The van der Waals surface area contributed by atoms with Crippen LogP contribution in [-0.2, 0) is 0 Å². The first-order valence-electron chi connectivity index (χ1n) is 9.83. The highest BCUT2D eigenvalue weighted by Gasteiger charge is 2.21. The number of pyridine rings is 1. The number of nitrogens with zero attached hydrogens (tertiary/aromatic N) is 5. The van der Waals surface area contributed by atoms with Crippen LogP contribution in [0, 0.1) is 6.92 Å². The zero-order valence-electron chi connectivity index (χ0n) is 16.9. The molecule has 3 aromatic rings. The average Bonchev–Trinajstić information content (AvgIpc) is 3.18. The van der Waals surface area contributed by atoms with Crippen molar-refractivity contribution in [2.24, 2.45) is 4.99 Å². The number of aryl methyl sites for hydroxylation is 1. The van der Waals surface area contributed by atoms with Gasteiger partial charge in [0.05, 0.1) is 6.20 Å². The van der Waals surface area contributed by atoms with Gasteiger partial charge in [-0.1, -0.05) is 24.8 Å². The summed E-state index contributed by atoms with van der Waals surface area (Å²) in [7, 11) is 0. The summed E-state index contributed by atoms with van der Waals surface area (Å²) in [6.07, 6.45) is 3.67. The summed E-state index contributed by atoms with van der Waals surface area (Å²) in [5.74, 6) is 8.91. The fraction of sp³-hybridized carbons (Fsp3) is 0.286. The second-order valence-electron chi connectivity index (χ2n) is 7.13. The van der Waals surface area contributed by atoms with E-state index in [0.717, 1.165) is 42.6 Å². The van der Waals surface area contributed by atoms with Crippen molar-refractivity contribution in [1.82, 2.24) is 19.4 Å². The van der Waals surface area contributed by atoms with Crippen LogP contribution in [0.15, 0.2) is 66.1 Å². The predicted octanol–water partition coefficient (Wildman–Crippen LogP) is 2.78. The Bertz CT molecular complexity index is 1070. The Hall–Kier alpha value is -3.33. The number of hydrogen-bond donors (Lipinski definition) is 2. The minimum absolute atomic E-state index is 0.318. The Morgan fingerprint density at radius 3 is 2.63 bits per heavy atom. The van der Waals surface area contributed by atoms with Gasteiger partial charge >= 0.3 is 0 Å². The SMILES string of the molecule is C=C(N=c1ccc(Oc2ccccc2)cn1N)NC1CCN(c2nc(C)ns2)CC1. The molecular formula is C21H25N7OS. The fourth-order valence-corrected chi connectivity index (χ4v) is 4.03. The molecule has 0 amide bonds. The van der Waals surface area contributed by atoms with Gasteiger partial charge in [0, 0.05) is 30.7 Å². The molecule has 1 fully saturated rings. The first kappa shape index (κ1) is 20.0. The Kier molecular flexibility index (Phi) is 5.99. The first-order chi connectivity index (χ1) is 14.6. The van der Waals surface area contributed by atoms with Gasteiger partial charge in [-0.25, -0.2) is 14.7 Å². The molecule has 0 unspecified atom stereocenters. The Labute approximate surface area is 179 Å². The van der Waals surface area contributed by atoms with E-state index in [4.69, 9.17) is 10.6 Å². The highest BCUT2D eigenvalue weighted by Crippen LogP contribution is 2.22. The molecule has 0 radical (unpaired) electrons. The topological polar surface area (TPSA) is 93.6 Å². The molecular weight excluding hydrogens is 398 g/mol. The van der Waals surface area contributed by atoms with Gasteiger partial charge in [-0.05, 0) is 44.0 Å². The molecule has 2 aromatic heterocycles. The van der Waals surface area contributed by atoms with Gasteiger partial charge in [0.1, 0.15) is 23.1 Å². The van der Waals surface area contributed by atoms with Crippen LogP contribution >= 0.6 is 11.5 Å². The Morgan fingerprint density at radius 2 is 1.97 bits per heavy atom. The lowest BCUT2D eigenvalue weighted by atomic mass is 10.1. The second kappa shape index (κ2) is 9.00. The summed E-state index contributed by atoms with van der Waals surface area (Å²) in [6, 6.07) is 13.5. The monoisotopic (exact) mass is 423 g/mol. The number of anilines is 1. The molecule has 0 atom stereocenters. The lowest BCUT2D eigenvalue weighted by Gasteiger charge is -2.32. The molecule has 1 aliphatic rings. The van der Waals surface area contributed by atoms with E-state index in [1.165, 1.54) is 16.2 Å². The Morgan fingerprint density at radius 1 is 1.20 bits per heavy atom. The fourth-order valence-electron chi connectivity index (χ4n) is 3.30. The Balaban J connectivity index is 1.34. The van der Waals surface area contributed by atoms with Crippen LogP contribution in [-0.4, -0.2) is 33.2 Å². The average molecular weight is 424 g/mol. The second-order valence-corrected chi connectivity index (χ2v) is 7.86. The van der Waals surface area contributed by atoms with Crippen molar-refractivity contribution >= 4 is 16.7 Å². The number of aromatic nitrogens is 3. The quantitative estimate of drug-likeness (QED) is 0.592. The molecule has 3 heterocycles. The molecule has 0 spiro atoms. The summed E-state index contributed by atoms with van der Waals surface area (Å²) in [4.78, 5) is 11.3. The van der Waals surface area contributed by atoms with E-state index in [1.807, 2.05) is 49.4 Å². The van der Waals surface area contributed by atoms with Gasteiger partial charge in [-0.15, -0.1) is 0 Å². The van der Waals surface area contributed by atoms with Crippen LogP contribution < -0.4 is 26.3 Å². The molecule has 8 nitrogen and oxygen atoms in total. The summed E-state index contributed by atoms with van der Waals surface area (Å²) < 4.78 is 11.5. The molecule has 4 rings (SSSR count). The van der Waals surface area contributed by atoms with E-state index in [9.17, 15) is 0 Å². The first-order valence-corrected chi connectivity index (χ1v) is 10.6.